The van der Waals surface area contributed by atoms with Crippen molar-refractivity contribution in [2.75, 3.05) is 18.0 Å². The van der Waals surface area contributed by atoms with E-state index in [-0.39, 0.29) is 11.6 Å². The van der Waals surface area contributed by atoms with Crippen molar-refractivity contribution in [1.82, 2.24) is 9.38 Å². The third-order valence-corrected chi connectivity index (χ3v) is 5.83. The molecule has 0 N–H and O–H groups in total. The van der Waals surface area contributed by atoms with Crippen LogP contribution in [0.2, 0.25) is 5.02 Å². The molecule has 152 valence electrons. The summed E-state index contributed by atoms with van der Waals surface area (Å²) in [7, 11) is 0. The molecule has 1 fully saturated rings. The molecule has 0 aliphatic carbocycles. The maximum absolute atomic E-state index is 14.6. The normalized spacial score (nSPS) is 14.5. The van der Waals surface area contributed by atoms with Crippen molar-refractivity contribution in [3.8, 4) is 0 Å². The number of Topliss-reactive ketones (excluding diaryl/α,β-unsaturated/α-hetero) is 1. The minimum absolute atomic E-state index is 0.00266. The van der Waals surface area contributed by atoms with Crippen LogP contribution in [0, 0.1) is 5.82 Å². The Balaban J connectivity index is 1.51. The number of hydrogen-bond acceptors (Lipinski definition) is 3. The lowest BCUT2D eigenvalue weighted by molar-refractivity contribution is 0.0976. The number of carbonyl (C=O) groups is 1. The molecule has 0 saturated carbocycles. The van der Waals surface area contributed by atoms with E-state index in [0.29, 0.717) is 41.3 Å². The lowest BCUT2D eigenvalue weighted by Crippen LogP contribution is -2.30. The highest BCUT2D eigenvalue weighted by Gasteiger charge is 2.19. The summed E-state index contributed by atoms with van der Waals surface area (Å²) in [6, 6.07) is 8.94. The number of piperidine rings is 1. The second-order valence-electron chi connectivity index (χ2n) is 7.59. The van der Waals surface area contributed by atoms with Gasteiger partial charge in [-0.15, -0.1) is 0 Å². The van der Waals surface area contributed by atoms with Crippen molar-refractivity contribution in [3.63, 3.8) is 0 Å². The first kappa shape index (κ1) is 19.9. The molecule has 1 saturated heterocycles. The Labute approximate surface area is 175 Å². The number of pyridine rings is 1. The maximum atomic E-state index is 14.6. The second-order valence-corrected chi connectivity index (χ2v) is 8.03. The Kier molecular flexibility index (Phi) is 5.86. The summed E-state index contributed by atoms with van der Waals surface area (Å²) in [5.74, 6) is -0.204. The fourth-order valence-corrected chi connectivity index (χ4v) is 4.24. The molecule has 0 atom stereocenters. The summed E-state index contributed by atoms with van der Waals surface area (Å²) in [5, 5.41) is 0.557. The smallest absolute Gasteiger partial charge is 0.181 e. The van der Waals surface area contributed by atoms with Crippen molar-refractivity contribution in [2.45, 2.75) is 45.4 Å². The highest BCUT2D eigenvalue weighted by atomic mass is 35.5. The molecule has 2 aromatic heterocycles. The molecule has 3 heterocycles. The molecule has 29 heavy (non-hydrogen) atoms. The number of imidazole rings is 1. The van der Waals surface area contributed by atoms with Crippen LogP contribution in [0.15, 0.2) is 36.5 Å². The van der Waals surface area contributed by atoms with Crippen LogP contribution in [-0.4, -0.2) is 28.3 Å². The quantitative estimate of drug-likeness (QED) is 0.501. The van der Waals surface area contributed by atoms with E-state index in [1.54, 1.807) is 22.7 Å². The lowest BCUT2D eigenvalue weighted by Gasteiger charge is -2.29. The minimum Gasteiger partial charge on any atom is -0.369 e. The number of hydrogen-bond donors (Lipinski definition) is 0. The second kappa shape index (κ2) is 8.54. The van der Waals surface area contributed by atoms with Crippen LogP contribution in [0.5, 0.6) is 0 Å². The zero-order valence-electron chi connectivity index (χ0n) is 16.6. The highest BCUT2D eigenvalue weighted by Crippen LogP contribution is 2.25. The summed E-state index contributed by atoms with van der Waals surface area (Å²) in [6.07, 6.45) is 6.62. The van der Waals surface area contributed by atoms with Gasteiger partial charge in [-0.1, -0.05) is 24.6 Å². The summed E-state index contributed by atoms with van der Waals surface area (Å²) < 4.78 is 16.4. The van der Waals surface area contributed by atoms with E-state index < -0.39 is 0 Å². The molecule has 0 unspecified atom stereocenters. The Bertz CT molecular complexity index is 1040. The fraction of sp³-hybridized carbons (Fsp3) is 0.391. The molecule has 4 nitrogen and oxygen atoms in total. The van der Waals surface area contributed by atoms with E-state index in [4.69, 9.17) is 11.6 Å². The molecular weight excluding hydrogens is 389 g/mol. The van der Waals surface area contributed by atoms with E-state index in [1.807, 2.05) is 25.1 Å². The van der Waals surface area contributed by atoms with Gasteiger partial charge in [0, 0.05) is 25.7 Å². The molecule has 3 aromatic rings. The Hall–Kier alpha value is -2.40. The minimum atomic E-state index is -0.201. The predicted molar refractivity (Wildman–Crippen MR) is 115 cm³/mol. The number of halogens is 2. The number of ketones is 1. The van der Waals surface area contributed by atoms with Crippen LogP contribution in [0.1, 0.15) is 54.4 Å². The van der Waals surface area contributed by atoms with Crippen molar-refractivity contribution in [3.05, 3.63) is 64.3 Å². The SMILES string of the molecule is CCc1nc2ccc(Cl)cn2c1C(=O)CCc1ccc(N2CCCCC2)c(F)c1. The van der Waals surface area contributed by atoms with Crippen molar-refractivity contribution >= 4 is 28.7 Å². The summed E-state index contributed by atoms with van der Waals surface area (Å²) in [6.45, 7) is 3.80. The average Bonchev–Trinajstić information content (AvgIpc) is 3.10. The van der Waals surface area contributed by atoms with Crippen molar-refractivity contribution in [2.24, 2.45) is 0 Å². The van der Waals surface area contributed by atoms with Crippen LogP contribution in [0.25, 0.3) is 5.65 Å². The first-order valence-corrected chi connectivity index (χ1v) is 10.7. The Morgan fingerprint density at radius 2 is 1.97 bits per heavy atom. The van der Waals surface area contributed by atoms with Crippen LogP contribution >= 0.6 is 11.6 Å². The standard InChI is InChI=1S/C23H25ClFN3O/c1-2-19-23(28-15-17(24)8-11-22(28)26-19)21(29)10-7-16-6-9-20(18(25)14-16)27-12-4-3-5-13-27/h6,8-9,11,14-15H,2-5,7,10,12-13H2,1H3. The number of nitrogens with zero attached hydrogens (tertiary/aromatic N) is 3. The van der Waals surface area contributed by atoms with Gasteiger partial charge in [-0.2, -0.15) is 0 Å². The molecule has 4 rings (SSSR count). The van der Waals surface area contributed by atoms with Crippen molar-refractivity contribution < 1.29 is 9.18 Å². The van der Waals surface area contributed by atoms with E-state index in [2.05, 4.69) is 9.88 Å². The van der Waals surface area contributed by atoms with Gasteiger partial charge in [-0.05, 0) is 61.9 Å². The largest absolute Gasteiger partial charge is 0.369 e. The average molecular weight is 414 g/mol. The number of rotatable bonds is 6. The summed E-state index contributed by atoms with van der Waals surface area (Å²) >= 11 is 6.11. The fourth-order valence-electron chi connectivity index (χ4n) is 4.08. The van der Waals surface area contributed by atoms with Gasteiger partial charge in [0.2, 0.25) is 0 Å². The van der Waals surface area contributed by atoms with Crippen LogP contribution in [-0.2, 0) is 12.8 Å². The van der Waals surface area contributed by atoms with Gasteiger partial charge in [-0.25, -0.2) is 9.37 Å². The Morgan fingerprint density at radius 1 is 1.17 bits per heavy atom. The number of benzene rings is 1. The molecular formula is C23H25ClFN3O. The van der Waals surface area contributed by atoms with E-state index in [9.17, 15) is 9.18 Å². The van der Waals surface area contributed by atoms with Crippen LogP contribution in [0.3, 0.4) is 0 Å². The van der Waals surface area contributed by atoms with E-state index in [0.717, 1.165) is 37.2 Å². The summed E-state index contributed by atoms with van der Waals surface area (Å²) in [4.78, 5) is 19.6. The van der Waals surface area contributed by atoms with Gasteiger partial charge >= 0.3 is 0 Å². The highest BCUT2D eigenvalue weighted by molar-refractivity contribution is 6.30. The Morgan fingerprint density at radius 3 is 2.69 bits per heavy atom. The van der Waals surface area contributed by atoms with E-state index >= 15 is 0 Å². The molecule has 1 aliphatic heterocycles. The maximum Gasteiger partial charge on any atom is 0.181 e. The van der Waals surface area contributed by atoms with Gasteiger partial charge < -0.3 is 4.90 Å². The summed E-state index contributed by atoms with van der Waals surface area (Å²) in [5.41, 5.74) is 3.57. The first-order chi connectivity index (χ1) is 14.1. The van der Waals surface area contributed by atoms with Gasteiger partial charge in [0.25, 0.3) is 0 Å². The number of aromatic nitrogens is 2. The van der Waals surface area contributed by atoms with Gasteiger partial charge in [0.1, 0.15) is 17.2 Å². The van der Waals surface area contributed by atoms with Gasteiger partial charge in [0.15, 0.2) is 5.78 Å². The molecule has 0 bridgehead atoms. The molecule has 1 aliphatic rings. The zero-order chi connectivity index (χ0) is 20.4. The first-order valence-electron chi connectivity index (χ1n) is 10.3. The monoisotopic (exact) mass is 413 g/mol. The molecule has 0 spiro atoms. The van der Waals surface area contributed by atoms with Crippen LogP contribution in [0.4, 0.5) is 10.1 Å². The number of aryl methyl sites for hydroxylation is 2. The zero-order valence-corrected chi connectivity index (χ0v) is 17.4. The van der Waals surface area contributed by atoms with Gasteiger partial charge in [0.05, 0.1) is 16.4 Å². The third-order valence-electron chi connectivity index (χ3n) is 5.60. The van der Waals surface area contributed by atoms with Crippen molar-refractivity contribution in [1.29, 1.82) is 0 Å². The van der Waals surface area contributed by atoms with Crippen LogP contribution < -0.4 is 4.90 Å². The predicted octanol–water partition coefficient (Wildman–Crippen LogP) is 5.50. The lowest BCUT2D eigenvalue weighted by atomic mass is 10.0. The molecule has 1 aromatic carbocycles. The number of fused-ring (bicyclic) bond motifs is 1. The number of anilines is 1. The molecule has 0 amide bonds. The molecule has 6 heteroatoms. The third kappa shape index (κ3) is 4.15. The topological polar surface area (TPSA) is 37.6 Å². The van der Waals surface area contributed by atoms with E-state index in [1.165, 1.54) is 6.42 Å². The molecule has 0 radical (unpaired) electrons. The van der Waals surface area contributed by atoms with Gasteiger partial charge in [-0.3, -0.25) is 9.20 Å². The number of carbonyl (C=O) groups excluding carboxylic acids is 1.